The number of hydrogen-bond acceptors (Lipinski definition) is 3. The van der Waals surface area contributed by atoms with Crippen molar-refractivity contribution in [2.24, 2.45) is 0 Å². The number of rotatable bonds is 5. The Morgan fingerprint density at radius 1 is 1.35 bits per heavy atom. The molecule has 0 amide bonds. The van der Waals surface area contributed by atoms with Gasteiger partial charge in [0.2, 0.25) is 0 Å². The second-order valence-electron chi connectivity index (χ2n) is 3.83. The maximum absolute atomic E-state index is 9.86. The van der Waals surface area contributed by atoms with Crippen LogP contribution in [0.4, 0.5) is 0 Å². The first-order valence-electron chi connectivity index (χ1n) is 5.41. The summed E-state index contributed by atoms with van der Waals surface area (Å²) >= 11 is 7.49. The first-order valence-corrected chi connectivity index (χ1v) is 6.73. The average Bonchev–Trinajstić information content (AvgIpc) is 2.82. The molecule has 0 fully saturated rings. The van der Waals surface area contributed by atoms with Crippen LogP contribution in [0.1, 0.15) is 17.2 Å². The van der Waals surface area contributed by atoms with E-state index in [1.807, 2.05) is 41.1 Å². The molecule has 90 valence electrons. The second-order valence-corrected chi connectivity index (χ2v) is 5.05. The van der Waals surface area contributed by atoms with E-state index in [0.717, 1.165) is 16.1 Å². The monoisotopic (exact) mass is 267 g/mol. The van der Waals surface area contributed by atoms with Gasteiger partial charge in [-0.2, -0.15) is 11.3 Å². The lowest BCUT2D eigenvalue weighted by Gasteiger charge is -2.10. The molecule has 2 rings (SSSR count). The van der Waals surface area contributed by atoms with Gasteiger partial charge in [0.15, 0.2) is 0 Å². The Balaban J connectivity index is 1.80. The highest BCUT2D eigenvalue weighted by atomic mass is 35.5. The minimum absolute atomic E-state index is 0.444. The fraction of sp³-hybridized carbons (Fsp3) is 0.231. The van der Waals surface area contributed by atoms with Crippen LogP contribution < -0.4 is 5.32 Å². The molecule has 0 saturated heterocycles. The second kappa shape index (κ2) is 6.17. The molecule has 17 heavy (non-hydrogen) atoms. The van der Waals surface area contributed by atoms with Gasteiger partial charge in [0.05, 0.1) is 6.10 Å². The van der Waals surface area contributed by atoms with Crippen molar-refractivity contribution in [3.05, 3.63) is 57.2 Å². The van der Waals surface area contributed by atoms with E-state index >= 15 is 0 Å². The van der Waals surface area contributed by atoms with E-state index in [4.69, 9.17) is 11.6 Å². The van der Waals surface area contributed by atoms with Gasteiger partial charge < -0.3 is 10.4 Å². The number of halogens is 1. The molecule has 0 radical (unpaired) electrons. The Morgan fingerprint density at radius 2 is 2.24 bits per heavy atom. The molecule has 0 bridgehead atoms. The highest BCUT2D eigenvalue weighted by Crippen LogP contribution is 2.15. The van der Waals surface area contributed by atoms with Crippen LogP contribution in [0.25, 0.3) is 0 Å². The third-order valence-electron chi connectivity index (χ3n) is 2.48. The lowest BCUT2D eigenvalue weighted by molar-refractivity contribution is 0.175. The summed E-state index contributed by atoms with van der Waals surface area (Å²) < 4.78 is 0. The molecule has 1 aromatic heterocycles. The summed E-state index contributed by atoms with van der Waals surface area (Å²) in [4.78, 5) is 0. The van der Waals surface area contributed by atoms with Crippen molar-refractivity contribution in [1.82, 2.24) is 5.32 Å². The third kappa shape index (κ3) is 3.82. The fourth-order valence-electron chi connectivity index (χ4n) is 1.58. The van der Waals surface area contributed by atoms with Gasteiger partial charge in [0.25, 0.3) is 0 Å². The van der Waals surface area contributed by atoms with Crippen LogP contribution in [0.2, 0.25) is 5.02 Å². The Bertz CT molecular complexity index is 458. The average molecular weight is 268 g/mol. The van der Waals surface area contributed by atoms with Crippen LogP contribution in [0.15, 0.2) is 41.1 Å². The zero-order valence-corrected chi connectivity index (χ0v) is 10.8. The Kier molecular flexibility index (Phi) is 4.57. The number of benzene rings is 1. The number of thiophene rings is 1. The minimum Gasteiger partial charge on any atom is -0.387 e. The number of nitrogens with one attached hydrogen (secondary N) is 1. The van der Waals surface area contributed by atoms with Gasteiger partial charge in [0, 0.05) is 18.1 Å². The number of hydrogen-bond donors (Lipinski definition) is 2. The first kappa shape index (κ1) is 12.6. The first-order chi connectivity index (χ1) is 8.25. The van der Waals surface area contributed by atoms with E-state index in [2.05, 4.69) is 5.32 Å². The molecule has 2 N–H and O–H groups in total. The molecule has 1 atom stereocenters. The lowest BCUT2D eigenvalue weighted by atomic mass is 10.2. The highest BCUT2D eigenvalue weighted by molar-refractivity contribution is 7.07. The predicted molar refractivity (Wildman–Crippen MR) is 72.4 cm³/mol. The summed E-state index contributed by atoms with van der Waals surface area (Å²) in [6.07, 6.45) is -0.444. The zero-order valence-electron chi connectivity index (χ0n) is 9.27. The Morgan fingerprint density at radius 3 is 2.94 bits per heavy atom. The van der Waals surface area contributed by atoms with E-state index in [-0.39, 0.29) is 0 Å². The van der Waals surface area contributed by atoms with Crippen molar-refractivity contribution in [3.8, 4) is 0 Å². The van der Waals surface area contributed by atoms with Crippen LogP contribution >= 0.6 is 22.9 Å². The minimum atomic E-state index is -0.444. The largest absolute Gasteiger partial charge is 0.387 e. The predicted octanol–water partition coefficient (Wildman–Crippen LogP) is 3.22. The van der Waals surface area contributed by atoms with Crippen LogP contribution in [0.5, 0.6) is 0 Å². The van der Waals surface area contributed by atoms with Gasteiger partial charge in [-0.25, -0.2) is 0 Å². The van der Waals surface area contributed by atoms with Crippen LogP contribution in [0, 0.1) is 0 Å². The molecule has 4 heteroatoms. The SMILES string of the molecule is OC(CNCc1cccc(Cl)c1)c1ccsc1. The van der Waals surface area contributed by atoms with Crippen molar-refractivity contribution < 1.29 is 5.11 Å². The molecule has 2 aromatic rings. The summed E-state index contributed by atoms with van der Waals surface area (Å²) in [5, 5.41) is 17.7. The molecule has 0 spiro atoms. The normalized spacial score (nSPS) is 12.6. The summed E-state index contributed by atoms with van der Waals surface area (Å²) in [6, 6.07) is 9.65. The number of aliphatic hydroxyl groups is 1. The maximum atomic E-state index is 9.86. The molecule has 0 aliphatic heterocycles. The van der Waals surface area contributed by atoms with Crippen molar-refractivity contribution in [2.45, 2.75) is 12.6 Å². The molecular weight excluding hydrogens is 254 g/mol. The third-order valence-corrected chi connectivity index (χ3v) is 3.42. The quantitative estimate of drug-likeness (QED) is 0.872. The van der Waals surface area contributed by atoms with Crippen LogP contribution in [0.3, 0.4) is 0 Å². The van der Waals surface area contributed by atoms with Crippen molar-refractivity contribution in [1.29, 1.82) is 0 Å². The summed E-state index contributed by atoms with van der Waals surface area (Å²) in [7, 11) is 0. The van der Waals surface area contributed by atoms with Gasteiger partial charge in [-0.05, 0) is 40.1 Å². The van der Waals surface area contributed by atoms with Crippen molar-refractivity contribution >= 4 is 22.9 Å². The van der Waals surface area contributed by atoms with E-state index < -0.39 is 6.10 Å². The van der Waals surface area contributed by atoms with Crippen molar-refractivity contribution in [2.75, 3.05) is 6.54 Å². The standard InChI is InChI=1S/C13H14ClNOS/c14-12-3-1-2-10(6-12)7-15-8-13(16)11-4-5-17-9-11/h1-6,9,13,15-16H,7-8H2. The van der Waals surface area contributed by atoms with Crippen LogP contribution in [-0.4, -0.2) is 11.7 Å². The molecule has 1 aromatic carbocycles. The molecule has 0 aliphatic carbocycles. The smallest absolute Gasteiger partial charge is 0.0922 e. The van der Waals surface area contributed by atoms with E-state index in [9.17, 15) is 5.11 Å². The van der Waals surface area contributed by atoms with E-state index in [0.29, 0.717) is 13.1 Å². The summed E-state index contributed by atoms with van der Waals surface area (Å²) in [6.45, 7) is 1.25. The summed E-state index contributed by atoms with van der Waals surface area (Å²) in [5.74, 6) is 0. The highest BCUT2D eigenvalue weighted by Gasteiger charge is 2.06. The van der Waals surface area contributed by atoms with E-state index in [1.54, 1.807) is 11.3 Å². The lowest BCUT2D eigenvalue weighted by Crippen LogP contribution is -2.20. The van der Waals surface area contributed by atoms with E-state index in [1.165, 1.54) is 0 Å². The van der Waals surface area contributed by atoms with Crippen molar-refractivity contribution in [3.63, 3.8) is 0 Å². The van der Waals surface area contributed by atoms with Gasteiger partial charge in [-0.3, -0.25) is 0 Å². The summed E-state index contributed by atoms with van der Waals surface area (Å²) in [5.41, 5.74) is 2.09. The van der Waals surface area contributed by atoms with Gasteiger partial charge in [-0.15, -0.1) is 0 Å². The van der Waals surface area contributed by atoms with Gasteiger partial charge >= 0.3 is 0 Å². The van der Waals surface area contributed by atoms with Gasteiger partial charge in [-0.1, -0.05) is 23.7 Å². The zero-order chi connectivity index (χ0) is 12.1. The van der Waals surface area contributed by atoms with Gasteiger partial charge in [0.1, 0.15) is 0 Å². The Hall–Kier alpha value is -0.870. The molecule has 1 heterocycles. The van der Waals surface area contributed by atoms with Crippen LogP contribution in [-0.2, 0) is 6.54 Å². The molecule has 0 aliphatic rings. The molecular formula is C13H14ClNOS. The molecule has 2 nitrogen and oxygen atoms in total. The maximum Gasteiger partial charge on any atom is 0.0922 e. The Labute approximate surface area is 110 Å². The fourth-order valence-corrected chi connectivity index (χ4v) is 2.50. The molecule has 1 unspecified atom stereocenters. The number of aliphatic hydroxyl groups excluding tert-OH is 1. The topological polar surface area (TPSA) is 32.3 Å². The molecule has 0 saturated carbocycles.